The summed E-state index contributed by atoms with van der Waals surface area (Å²) in [4.78, 5) is 22.1. The molecule has 0 heterocycles. The van der Waals surface area contributed by atoms with Crippen LogP contribution < -0.4 is 10.1 Å². The van der Waals surface area contributed by atoms with Crippen LogP contribution in [-0.4, -0.2) is 30.6 Å². The zero-order valence-electron chi connectivity index (χ0n) is 11.7. The van der Waals surface area contributed by atoms with Crippen LogP contribution in [0.4, 0.5) is 0 Å². The van der Waals surface area contributed by atoms with Gasteiger partial charge >= 0.3 is 5.97 Å². The number of methoxy groups -OCH3 is 1. The Balaban J connectivity index is 2.22. The monoisotopic (exact) mass is 279 g/mol. The molecule has 0 saturated heterocycles. The summed E-state index contributed by atoms with van der Waals surface area (Å²) in [5.41, 5.74) is 0.860. The summed E-state index contributed by atoms with van der Waals surface area (Å²) in [7, 11) is 1.58. The van der Waals surface area contributed by atoms with E-state index >= 15 is 0 Å². The van der Waals surface area contributed by atoms with Crippen molar-refractivity contribution < 1.29 is 19.4 Å². The Morgan fingerprint density at radius 3 is 2.65 bits per heavy atom. The summed E-state index contributed by atoms with van der Waals surface area (Å²) in [5.74, 6) is -0.109. The number of benzene rings is 1. The van der Waals surface area contributed by atoms with Crippen LogP contribution in [0, 0.1) is 0 Å². The molecule has 0 saturated carbocycles. The van der Waals surface area contributed by atoms with Crippen LogP contribution in [0.3, 0.4) is 0 Å². The summed E-state index contributed by atoms with van der Waals surface area (Å²) in [5, 5.41) is 11.3. The molecule has 1 rings (SSSR count). The van der Waals surface area contributed by atoms with E-state index in [1.165, 1.54) is 0 Å². The quantitative estimate of drug-likeness (QED) is 0.678. The molecule has 0 aliphatic heterocycles. The highest BCUT2D eigenvalue weighted by Gasteiger charge is 2.07. The number of hydrogen-bond donors (Lipinski definition) is 2. The van der Waals surface area contributed by atoms with Gasteiger partial charge in [0.2, 0.25) is 5.91 Å². The largest absolute Gasteiger partial charge is 0.496 e. The maximum Gasteiger partial charge on any atom is 0.303 e. The van der Waals surface area contributed by atoms with E-state index in [4.69, 9.17) is 9.84 Å². The number of nitrogens with one attached hydrogen (secondary N) is 1. The molecule has 0 spiro atoms. The first-order valence-corrected chi connectivity index (χ1v) is 6.74. The second-order valence-corrected chi connectivity index (χ2v) is 4.54. The topological polar surface area (TPSA) is 75.6 Å². The number of unbranched alkanes of at least 4 members (excludes halogenated alkanes) is 2. The van der Waals surface area contributed by atoms with Gasteiger partial charge in [0.15, 0.2) is 0 Å². The molecule has 1 amide bonds. The van der Waals surface area contributed by atoms with E-state index < -0.39 is 5.97 Å². The fourth-order valence-corrected chi connectivity index (χ4v) is 1.89. The molecule has 0 aromatic heterocycles. The Hall–Kier alpha value is -2.04. The van der Waals surface area contributed by atoms with Gasteiger partial charge in [0.25, 0.3) is 0 Å². The number of ether oxygens (including phenoxy) is 1. The number of amides is 1. The van der Waals surface area contributed by atoms with Gasteiger partial charge in [0.1, 0.15) is 5.75 Å². The van der Waals surface area contributed by atoms with Gasteiger partial charge in [-0.15, -0.1) is 0 Å². The predicted octanol–water partition coefficient (Wildman–Crippen LogP) is 2.00. The number of hydrogen-bond acceptors (Lipinski definition) is 3. The first-order chi connectivity index (χ1) is 9.63. The summed E-state index contributed by atoms with van der Waals surface area (Å²) in [6, 6.07) is 7.43. The molecule has 0 aliphatic carbocycles. The Bertz CT molecular complexity index is 445. The lowest BCUT2D eigenvalue weighted by molar-refractivity contribution is -0.137. The van der Waals surface area contributed by atoms with Gasteiger partial charge in [-0.3, -0.25) is 9.59 Å². The molecule has 1 aromatic carbocycles. The van der Waals surface area contributed by atoms with Gasteiger partial charge < -0.3 is 15.2 Å². The van der Waals surface area contributed by atoms with Crippen LogP contribution in [0.25, 0.3) is 0 Å². The minimum Gasteiger partial charge on any atom is -0.496 e. The summed E-state index contributed by atoms with van der Waals surface area (Å²) in [6.07, 6.45) is 2.73. The van der Waals surface area contributed by atoms with Gasteiger partial charge in [-0.05, 0) is 18.9 Å². The van der Waals surface area contributed by atoms with E-state index in [0.29, 0.717) is 25.1 Å². The van der Waals surface area contributed by atoms with Gasteiger partial charge in [-0.25, -0.2) is 0 Å². The van der Waals surface area contributed by atoms with Crippen LogP contribution in [0.15, 0.2) is 24.3 Å². The molecule has 5 heteroatoms. The van der Waals surface area contributed by atoms with Crippen molar-refractivity contribution in [2.45, 2.75) is 32.1 Å². The predicted molar refractivity (Wildman–Crippen MR) is 75.8 cm³/mol. The van der Waals surface area contributed by atoms with Crippen molar-refractivity contribution >= 4 is 11.9 Å². The Labute approximate surface area is 118 Å². The van der Waals surface area contributed by atoms with Crippen LogP contribution in [0.5, 0.6) is 5.75 Å². The summed E-state index contributed by atoms with van der Waals surface area (Å²) < 4.78 is 5.19. The van der Waals surface area contributed by atoms with Crippen LogP contribution in [0.2, 0.25) is 0 Å². The van der Waals surface area contributed by atoms with Crippen molar-refractivity contribution in [3.63, 3.8) is 0 Å². The van der Waals surface area contributed by atoms with Crippen molar-refractivity contribution in [3.8, 4) is 5.75 Å². The van der Waals surface area contributed by atoms with Gasteiger partial charge in [0, 0.05) is 18.5 Å². The average Bonchev–Trinajstić information content (AvgIpc) is 2.43. The Morgan fingerprint density at radius 2 is 1.95 bits per heavy atom. The van der Waals surface area contributed by atoms with Crippen molar-refractivity contribution in [1.82, 2.24) is 5.32 Å². The molecule has 0 fully saturated rings. The van der Waals surface area contributed by atoms with Gasteiger partial charge in [0.05, 0.1) is 13.5 Å². The van der Waals surface area contributed by atoms with Crippen molar-refractivity contribution in [3.05, 3.63) is 29.8 Å². The third kappa shape index (κ3) is 6.22. The molecule has 2 N–H and O–H groups in total. The molecule has 0 atom stereocenters. The second-order valence-electron chi connectivity index (χ2n) is 4.54. The molecule has 1 aromatic rings. The van der Waals surface area contributed by atoms with Crippen LogP contribution in [0.1, 0.15) is 31.2 Å². The van der Waals surface area contributed by atoms with Crippen molar-refractivity contribution in [2.24, 2.45) is 0 Å². The maximum absolute atomic E-state index is 11.8. The lowest BCUT2D eigenvalue weighted by atomic mass is 10.1. The molecule has 20 heavy (non-hydrogen) atoms. The number of carboxylic acids is 1. The lowest BCUT2D eigenvalue weighted by Crippen LogP contribution is -2.26. The standard InChI is InChI=1S/C15H21NO4/c1-20-13-8-5-4-7-12(13)11-14(17)16-10-6-2-3-9-15(18)19/h4-5,7-8H,2-3,6,9-11H2,1H3,(H,16,17)(H,18,19). The fraction of sp³-hybridized carbons (Fsp3) is 0.467. The molecule has 110 valence electrons. The number of carboxylic acid groups (broad SMARTS) is 1. The molecule has 0 aliphatic rings. The van der Waals surface area contributed by atoms with E-state index in [-0.39, 0.29) is 12.3 Å². The smallest absolute Gasteiger partial charge is 0.303 e. The zero-order valence-corrected chi connectivity index (χ0v) is 11.7. The maximum atomic E-state index is 11.8. The highest BCUT2D eigenvalue weighted by molar-refractivity contribution is 5.79. The normalized spacial score (nSPS) is 10.1. The first kappa shape index (κ1) is 16.0. The van der Waals surface area contributed by atoms with Gasteiger partial charge in [-0.1, -0.05) is 24.6 Å². The van der Waals surface area contributed by atoms with E-state index in [0.717, 1.165) is 18.4 Å². The third-order valence-corrected chi connectivity index (χ3v) is 2.93. The van der Waals surface area contributed by atoms with E-state index in [9.17, 15) is 9.59 Å². The first-order valence-electron chi connectivity index (χ1n) is 6.74. The number of carbonyl (C=O) groups excluding carboxylic acids is 1. The van der Waals surface area contributed by atoms with Crippen LogP contribution >= 0.6 is 0 Å². The number of aliphatic carboxylic acids is 1. The third-order valence-electron chi connectivity index (χ3n) is 2.93. The molecular weight excluding hydrogens is 258 g/mol. The zero-order chi connectivity index (χ0) is 14.8. The lowest BCUT2D eigenvalue weighted by Gasteiger charge is -2.08. The second kappa shape index (κ2) is 8.96. The SMILES string of the molecule is COc1ccccc1CC(=O)NCCCCCC(=O)O. The van der Waals surface area contributed by atoms with Crippen LogP contribution in [-0.2, 0) is 16.0 Å². The van der Waals surface area contributed by atoms with E-state index in [2.05, 4.69) is 5.32 Å². The number of carbonyl (C=O) groups is 2. The van der Waals surface area contributed by atoms with Gasteiger partial charge in [-0.2, -0.15) is 0 Å². The summed E-state index contributed by atoms with van der Waals surface area (Å²) in [6.45, 7) is 0.577. The fourth-order valence-electron chi connectivity index (χ4n) is 1.89. The number of para-hydroxylation sites is 1. The molecule has 0 bridgehead atoms. The molecule has 0 radical (unpaired) electrons. The molecule has 5 nitrogen and oxygen atoms in total. The summed E-state index contributed by atoms with van der Waals surface area (Å²) >= 11 is 0. The minimum absolute atomic E-state index is 0.0484. The van der Waals surface area contributed by atoms with E-state index in [1.54, 1.807) is 7.11 Å². The van der Waals surface area contributed by atoms with E-state index in [1.807, 2.05) is 24.3 Å². The number of rotatable bonds is 9. The minimum atomic E-state index is -0.773. The van der Waals surface area contributed by atoms with Crippen molar-refractivity contribution in [2.75, 3.05) is 13.7 Å². The molecular formula is C15H21NO4. The molecule has 0 unspecified atom stereocenters. The Morgan fingerprint density at radius 1 is 1.20 bits per heavy atom. The van der Waals surface area contributed by atoms with Crippen molar-refractivity contribution in [1.29, 1.82) is 0 Å². The highest BCUT2D eigenvalue weighted by Crippen LogP contribution is 2.17. The Kier molecular flexibility index (Phi) is 7.17. The highest BCUT2D eigenvalue weighted by atomic mass is 16.5. The average molecular weight is 279 g/mol.